The number of benzene rings is 4. The van der Waals surface area contributed by atoms with Crippen molar-refractivity contribution in [1.82, 2.24) is 5.01 Å². The molecule has 2 aliphatic carbocycles. The van der Waals surface area contributed by atoms with E-state index in [1.54, 1.807) is 30.3 Å². The molecular formula is C40H34BBr2N3O8. The lowest BCUT2D eigenvalue weighted by Gasteiger charge is -2.51. The average molecular weight is 855 g/mol. The topological polar surface area (TPSA) is 157 Å². The van der Waals surface area contributed by atoms with Crippen LogP contribution in [0.5, 0.6) is 11.5 Å². The maximum atomic E-state index is 15.4. The minimum absolute atomic E-state index is 0.0886. The molecule has 4 aliphatic rings. The van der Waals surface area contributed by atoms with Gasteiger partial charge in [-0.05, 0) is 104 Å². The lowest BCUT2D eigenvalue weighted by Crippen LogP contribution is -2.53. The number of nitrogens with zero attached hydrogens (tertiary/aromatic N) is 2. The number of hydrazine groups is 1. The first-order valence-electron chi connectivity index (χ1n) is 17.5. The Balaban J connectivity index is 1.34. The van der Waals surface area contributed by atoms with E-state index in [0.717, 1.165) is 21.0 Å². The van der Waals surface area contributed by atoms with Crippen LogP contribution in [0.1, 0.15) is 35.4 Å². The molecule has 0 aromatic heterocycles. The molecule has 4 amide bonds. The number of carbonyl (C=O) groups excluding carboxylic acids is 4. The van der Waals surface area contributed by atoms with Crippen LogP contribution in [0.3, 0.4) is 0 Å². The number of carbonyl (C=O) groups is 4. The molecule has 14 heteroatoms. The normalized spacial score (nSPS) is 26.0. The summed E-state index contributed by atoms with van der Waals surface area (Å²) in [5, 5.41) is 31.8. The van der Waals surface area contributed by atoms with Gasteiger partial charge in [-0.25, -0.2) is 0 Å². The summed E-state index contributed by atoms with van der Waals surface area (Å²) in [7, 11) is -0.385. The van der Waals surface area contributed by atoms with E-state index in [4.69, 9.17) is 4.74 Å². The van der Waals surface area contributed by atoms with Gasteiger partial charge in [0.2, 0.25) is 11.8 Å². The first-order chi connectivity index (χ1) is 25.9. The number of aryl methyl sites for hydroxylation is 1. The number of phenols is 1. The second kappa shape index (κ2) is 13.5. The fraction of sp³-hybridized carbons (Fsp3) is 0.250. The van der Waals surface area contributed by atoms with Crippen molar-refractivity contribution in [2.75, 3.05) is 17.4 Å². The van der Waals surface area contributed by atoms with Gasteiger partial charge in [0.1, 0.15) is 0 Å². The Kier molecular flexibility index (Phi) is 9.07. The minimum Gasteiger partial charge on any atom is -0.503 e. The summed E-state index contributed by atoms with van der Waals surface area (Å²) in [5.74, 6) is -6.03. The van der Waals surface area contributed by atoms with Crippen molar-refractivity contribution < 1.29 is 39.1 Å². The number of hydrogen-bond donors (Lipinski definition) is 4. The van der Waals surface area contributed by atoms with E-state index in [2.05, 4.69) is 37.3 Å². The number of ether oxygens (including phenoxy) is 1. The van der Waals surface area contributed by atoms with Crippen LogP contribution in [0.4, 0.5) is 11.4 Å². The maximum absolute atomic E-state index is 15.4. The van der Waals surface area contributed by atoms with E-state index in [9.17, 15) is 29.5 Å². The predicted molar refractivity (Wildman–Crippen MR) is 208 cm³/mol. The van der Waals surface area contributed by atoms with E-state index < -0.39 is 65.8 Å². The Hall–Kier alpha value is -4.76. The number of hydrogen-bond acceptors (Lipinski definition) is 9. The monoisotopic (exact) mass is 853 g/mol. The summed E-state index contributed by atoms with van der Waals surface area (Å²) in [6, 6.07) is 24.1. The number of fused-ring (bicyclic) bond motifs is 4. The van der Waals surface area contributed by atoms with E-state index in [0.29, 0.717) is 21.3 Å². The third-order valence-electron chi connectivity index (χ3n) is 11.5. The van der Waals surface area contributed by atoms with Crippen molar-refractivity contribution >= 4 is 79.4 Å². The lowest BCUT2D eigenvalue weighted by atomic mass is 9.49. The highest BCUT2D eigenvalue weighted by molar-refractivity contribution is 9.13. The highest BCUT2D eigenvalue weighted by Gasteiger charge is 2.70. The number of rotatable bonds is 7. The molecule has 2 heterocycles. The lowest BCUT2D eigenvalue weighted by molar-refractivity contribution is -0.138. The van der Waals surface area contributed by atoms with Gasteiger partial charge in [0.25, 0.3) is 11.8 Å². The molecule has 54 heavy (non-hydrogen) atoms. The Morgan fingerprint density at radius 1 is 0.870 bits per heavy atom. The molecule has 8 rings (SSSR count). The van der Waals surface area contributed by atoms with Crippen LogP contribution < -0.4 is 20.5 Å². The molecule has 0 bridgehead atoms. The summed E-state index contributed by atoms with van der Waals surface area (Å²) < 4.78 is 6.33. The van der Waals surface area contributed by atoms with E-state index in [1.807, 2.05) is 55.5 Å². The second-order valence-corrected chi connectivity index (χ2v) is 15.8. The molecule has 1 saturated carbocycles. The van der Waals surface area contributed by atoms with Crippen LogP contribution in [-0.4, -0.2) is 58.0 Å². The number of methoxy groups -OCH3 is 1. The number of anilines is 2. The third-order valence-corrected chi connectivity index (χ3v) is 13.7. The largest absolute Gasteiger partial charge is 0.503 e. The summed E-state index contributed by atoms with van der Waals surface area (Å²) in [6.07, 6.45) is 2.21. The van der Waals surface area contributed by atoms with Crippen molar-refractivity contribution in [3.05, 3.63) is 122 Å². The number of aromatic hydroxyl groups is 1. The van der Waals surface area contributed by atoms with Crippen LogP contribution in [0.25, 0.3) is 0 Å². The average Bonchev–Trinajstić information content (AvgIpc) is 3.56. The fourth-order valence-electron chi connectivity index (χ4n) is 9.15. The number of allylic oxidation sites excluding steroid dienone is 2. The third kappa shape index (κ3) is 5.29. The Morgan fingerprint density at radius 3 is 2.28 bits per heavy atom. The number of halogens is 2. The van der Waals surface area contributed by atoms with E-state index >= 15 is 4.79 Å². The minimum atomic E-state index is -1.80. The molecule has 0 radical (unpaired) electrons. The molecule has 2 aliphatic heterocycles. The van der Waals surface area contributed by atoms with Crippen LogP contribution in [0.15, 0.2) is 106 Å². The quantitative estimate of drug-likeness (QED) is 0.113. The predicted octanol–water partition coefficient (Wildman–Crippen LogP) is 5.10. The van der Waals surface area contributed by atoms with Crippen LogP contribution in [-0.2, 0) is 24.6 Å². The zero-order chi connectivity index (χ0) is 38.2. The van der Waals surface area contributed by atoms with Gasteiger partial charge >= 0.3 is 7.12 Å². The van der Waals surface area contributed by atoms with Gasteiger partial charge < -0.3 is 19.9 Å². The Morgan fingerprint density at radius 2 is 1.59 bits per heavy atom. The molecule has 3 fully saturated rings. The molecule has 274 valence electrons. The number of nitrogens with one attached hydrogen (secondary N) is 1. The molecule has 0 unspecified atom stereocenters. The standard InChI is InChI=1S/C40H34BBr2N3O8/c1-20-11-13-23(14-12-20)44-46-37(49)29-18-27-25(15-16-26-31(27)38(50)45(36(26)48)24-10-6-9-22(17-24)41(52)53)32(28-19-30(54-2)35(47)34(43)33(28)42)40(29,39(46)51)21-7-4-3-5-8-21/h3-15,17,19,26-27,29,31-32,44,47,52-53H,16,18H2,1-2H3/t26-,27+,29-,31-,32+,40+/m0/s1. The molecule has 4 aromatic carbocycles. The number of amides is 4. The molecule has 11 nitrogen and oxygen atoms in total. The van der Waals surface area contributed by atoms with Crippen LogP contribution >= 0.6 is 31.9 Å². The van der Waals surface area contributed by atoms with Crippen molar-refractivity contribution in [3.8, 4) is 11.5 Å². The summed E-state index contributed by atoms with van der Waals surface area (Å²) >= 11 is 7.21. The van der Waals surface area contributed by atoms with Crippen LogP contribution in [0, 0.1) is 30.6 Å². The Bertz CT molecular complexity index is 2270. The van der Waals surface area contributed by atoms with E-state index in [-0.39, 0.29) is 40.0 Å². The number of phenolic OH excluding ortho intramolecular Hbond substituents is 1. The van der Waals surface area contributed by atoms with Crippen molar-refractivity contribution in [1.29, 1.82) is 0 Å². The molecular weight excluding hydrogens is 821 g/mol. The number of imide groups is 2. The van der Waals surface area contributed by atoms with E-state index in [1.165, 1.54) is 19.2 Å². The second-order valence-electron chi connectivity index (χ2n) is 14.2. The molecule has 4 aromatic rings. The zero-order valence-electron chi connectivity index (χ0n) is 29.1. The molecule has 0 spiro atoms. The first-order valence-corrected chi connectivity index (χ1v) is 19.0. The smallest absolute Gasteiger partial charge is 0.488 e. The SMILES string of the molecule is COc1cc([C@H]2C3=CC[C@@H]4C(=O)N(c5cccc(B(O)O)c5)C(=O)[C@@H]4[C@@H]3C[C@H]3C(=O)N(Nc4ccc(C)cc4)C(=O)[C@@]23c2ccccc2)c(Br)c(Br)c1O. The van der Waals surface area contributed by atoms with Crippen LogP contribution in [0.2, 0.25) is 0 Å². The van der Waals surface area contributed by atoms with Gasteiger partial charge in [0, 0.05) is 10.4 Å². The van der Waals surface area contributed by atoms with Gasteiger partial charge in [0.15, 0.2) is 11.5 Å². The van der Waals surface area contributed by atoms with Crippen molar-refractivity contribution in [2.24, 2.45) is 23.7 Å². The molecule has 2 saturated heterocycles. The summed E-state index contributed by atoms with van der Waals surface area (Å²) in [4.78, 5) is 60.2. The zero-order valence-corrected chi connectivity index (χ0v) is 32.2. The Labute approximate surface area is 328 Å². The van der Waals surface area contributed by atoms with Gasteiger partial charge in [-0.1, -0.05) is 71.8 Å². The molecule has 6 atom stereocenters. The highest BCUT2D eigenvalue weighted by atomic mass is 79.9. The van der Waals surface area contributed by atoms with Gasteiger partial charge in [-0.15, -0.1) is 0 Å². The van der Waals surface area contributed by atoms with Gasteiger partial charge in [-0.2, -0.15) is 5.01 Å². The molecule has 4 N–H and O–H groups in total. The van der Waals surface area contributed by atoms with Crippen molar-refractivity contribution in [3.63, 3.8) is 0 Å². The summed E-state index contributed by atoms with van der Waals surface area (Å²) in [5.41, 5.74) is 5.29. The maximum Gasteiger partial charge on any atom is 0.488 e. The highest BCUT2D eigenvalue weighted by Crippen LogP contribution is 2.65. The first kappa shape index (κ1) is 36.2. The fourth-order valence-corrected chi connectivity index (χ4v) is 10.1. The van der Waals surface area contributed by atoms with Gasteiger partial charge in [0.05, 0.1) is 46.1 Å². The van der Waals surface area contributed by atoms with Gasteiger partial charge in [-0.3, -0.25) is 29.5 Å². The van der Waals surface area contributed by atoms with Crippen molar-refractivity contribution in [2.45, 2.75) is 31.1 Å². The summed E-state index contributed by atoms with van der Waals surface area (Å²) in [6.45, 7) is 1.94.